The predicted molar refractivity (Wildman–Crippen MR) is 120 cm³/mol. The Bertz CT molecular complexity index is 729. The van der Waals surface area contributed by atoms with E-state index in [1.807, 2.05) is 0 Å². The number of hydrogen-bond acceptors (Lipinski definition) is 4. The lowest BCUT2D eigenvalue weighted by Gasteiger charge is -2.35. The normalized spacial score (nSPS) is 19.9. The zero-order valence-electron chi connectivity index (χ0n) is 18.3. The number of likely N-dealkylation sites (tertiary alicyclic amines) is 1. The van der Waals surface area contributed by atoms with Crippen LogP contribution in [0, 0.1) is 0 Å². The number of hydrogen-bond donors (Lipinski definition) is 2. The first-order valence-electron chi connectivity index (χ1n) is 11.3. The van der Waals surface area contributed by atoms with Crippen LogP contribution in [-0.2, 0) is 0 Å². The molecule has 1 unspecified atom stereocenters. The number of fused-ring (bicyclic) bond motifs is 1. The standard InChI is InChI=1S/C23H35N5O2/c1-3-18-10-6-8-15-27(18)17-14-26-23(24-2)25-13-7-9-16-28-21(29)19-11-4-5-12-20(19)22(28)30/h4-5,11-12,18H,3,6-10,13-17H2,1-2H3,(H2,24,25,26). The third kappa shape index (κ3) is 5.39. The van der Waals surface area contributed by atoms with E-state index in [1.165, 1.54) is 37.1 Å². The van der Waals surface area contributed by atoms with Gasteiger partial charge in [0.1, 0.15) is 0 Å². The van der Waals surface area contributed by atoms with E-state index >= 15 is 0 Å². The number of unbranched alkanes of at least 4 members (excludes halogenated alkanes) is 1. The van der Waals surface area contributed by atoms with Crippen molar-refractivity contribution in [2.24, 2.45) is 4.99 Å². The van der Waals surface area contributed by atoms with Gasteiger partial charge < -0.3 is 10.6 Å². The molecular weight excluding hydrogens is 378 g/mol. The molecule has 30 heavy (non-hydrogen) atoms. The van der Waals surface area contributed by atoms with Crippen LogP contribution in [0.5, 0.6) is 0 Å². The van der Waals surface area contributed by atoms with Crippen molar-refractivity contribution in [3.63, 3.8) is 0 Å². The Morgan fingerprint density at radius 1 is 1.03 bits per heavy atom. The molecule has 2 N–H and O–H groups in total. The summed E-state index contributed by atoms with van der Waals surface area (Å²) >= 11 is 0. The molecule has 2 heterocycles. The molecule has 2 aliphatic rings. The second-order valence-electron chi connectivity index (χ2n) is 8.03. The highest BCUT2D eigenvalue weighted by molar-refractivity contribution is 6.21. The van der Waals surface area contributed by atoms with Gasteiger partial charge in [-0.3, -0.25) is 24.4 Å². The minimum atomic E-state index is -0.177. The number of rotatable bonds is 9. The van der Waals surface area contributed by atoms with Crippen LogP contribution in [0.3, 0.4) is 0 Å². The number of nitrogens with one attached hydrogen (secondary N) is 2. The van der Waals surface area contributed by atoms with Crippen LogP contribution < -0.4 is 10.6 Å². The van der Waals surface area contributed by atoms with E-state index in [-0.39, 0.29) is 11.8 Å². The van der Waals surface area contributed by atoms with E-state index < -0.39 is 0 Å². The Hall–Kier alpha value is -2.41. The molecule has 1 atom stereocenters. The topological polar surface area (TPSA) is 77.0 Å². The van der Waals surface area contributed by atoms with Crippen LogP contribution in [0.15, 0.2) is 29.3 Å². The highest BCUT2D eigenvalue weighted by atomic mass is 16.2. The number of carbonyl (C=O) groups excluding carboxylic acids is 2. The molecule has 7 nitrogen and oxygen atoms in total. The second-order valence-corrected chi connectivity index (χ2v) is 8.03. The molecule has 0 saturated carbocycles. The van der Waals surface area contributed by atoms with Gasteiger partial charge in [0.15, 0.2) is 5.96 Å². The molecule has 0 radical (unpaired) electrons. The van der Waals surface area contributed by atoms with Crippen molar-refractivity contribution in [2.75, 3.05) is 39.8 Å². The maximum absolute atomic E-state index is 12.4. The zero-order chi connectivity index (χ0) is 21.3. The van der Waals surface area contributed by atoms with Crippen molar-refractivity contribution in [1.82, 2.24) is 20.4 Å². The van der Waals surface area contributed by atoms with E-state index in [9.17, 15) is 9.59 Å². The first kappa shape index (κ1) is 22.3. The predicted octanol–water partition coefficient (Wildman–Crippen LogP) is 2.49. The van der Waals surface area contributed by atoms with Crippen LogP contribution in [-0.4, -0.2) is 73.4 Å². The molecule has 3 rings (SSSR count). The van der Waals surface area contributed by atoms with Gasteiger partial charge in [-0.25, -0.2) is 0 Å². The number of guanidine groups is 1. The number of carbonyl (C=O) groups is 2. The van der Waals surface area contributed by atoms with E-state index in [2.05, 4.69) is 27.4 Å². The van der Waals surface area contributed by atoms with Crippen LogP contribution in [0.25, 0.3) is 0 Å². The molecule has 1 saturated heterocycles. The van der Waals surface area contributed by atoms with Gasteiger partial charge in [-0.15, -0.1) is 0 Å². The number of aliphatic imine (C=N–C) groups is 1. The maximum Gasteiger partial charge on any atom is 0.261 e. The van der Waals surface area contributed by atoms with Crippen molar-refractivity contribution in [3.8, 4) is 0 Å². The molecule has 0 aromatic heterocycles. The van der Waals surface area contributed by atoms with Crippen molar-refractivity contribution in [1.29, 1.82) is 0 Å². The second kappa shape index (κ2) is 11.1. The summed E-state index contributed by atoms with van der Waals surface area (Å²) in [4.78, 5) is 33.0. The Morgan fingerprint density at radius 3 is 2.40 bits per heavy atom. The fourth-order valence-electron chi connectivity index (χ4n) is 4.40. The van der Waals surface area contributed by atoms with Gasteiger partial charge in [0.2, 0.25) is 0 Å². The largest absolute Gasteiger partial charge is 0.356 e. The Morgan fingerprint density at radius 2 is 1.73 bits per heavy atom. The molecule has 1 fully saturated rings. The van der Waals surface area contributed by atoms with Crippen LogP contribution in [0.1, 0.15) is 66.2 Å². The highest BCUT2D eigenvalue weighted by Crippen LogP contribution is 2.22. The SMILES string of the molecule is CCC1CCCCN1CCNC(=NC)NCCCCN1C(=O)c2ccccc2C1=O. The first-order valence-corrected chi connectivity index (χ1v) is 11.3. The van der Waals surface area contributed by atoms with E-state index in [0.717, 1.165) is 44.5 Å². The molecule has 0 bridgehead atoms. The third-order valence-corrected chi connectivity index (χ3v) is 6.11. The summed E-state index contributed by atoms with van der Waals surface area (Å²) in [5.41, 5.74) is 1.04. The summed E-state index contributed by atoms with van der Waals surface area (Å²) in [5.74, 6) is 0.453. The lowest BCUT2D eigenvalue weighted by Crippen LogP contribution is -2.46. The van der Waals surface area contributed by atoms with Crippen molar-refractivity contribution >= 4 is 17.8 Å². The number of nitrogens with zero attached hydrogens (tertiary/aromatic N) is 3. The van der Waals surface area contributed by atoms with Crippen LogP contribution in [0.4, 0.5) is 0 Å². The average Bonchev–Trinajstić information content (AvgIpc) is 3.02. The molecule has 0 aliphatic carbocycles. The smallest absolute Gasteiger partial charge is 0.261 e. The monoisotopic (exact) mass is 413 g/mol. The fraction of sp³-hybridized carbons (Fsp3) is 0.609. The summed E-state index contributed by atoms with van der Waals surface area (Å²) in [5, 5.41) is 6.73. The third-order valence-electron chi connectivity index (χ3n) is 6.11. The van der Waals surface area contributed by atoms with Gasteiger partial charge in [0.25, 0.3) is 11.8 Å². The van der Waals surface area contributed by atoms with E-state index in [1.54, 1.807) is 31.3 Å². The highest BCUT2D eigenvalue weighted by Gasteiger charge is 2.34. The lowest BCUT2D eigenvalue weighted by molar-refractivity contribution is 0.0652. The first-order chi connectivity index (χ1) is 14.7. The Kier molecular flexibility index (Phi) is 8.25. The van der Waals surface area contributed by atoms with Crippen LogP contribution >= 0.6 is 0 Å². The molecule has 7 heteroatoms. The van der Waals surface area contributed by atoms with Crippen molar-refractivity contribution in [2.45, 2.75) is 51.5 Å². The molecular formula is C23H35N5O2. The van der Waals surface area contributed by atoms with Gasteiger partial charge in [0.05, 0.1) is 11.1 Å². The molecule has 2 amide bonds. The minimum absolute atomic E-state index is 0.177. The van der Waals surface area contributed by atoms with Crippen LogP contribution in [0.2, 0.25) is 0 Å². The number of imide groups is 1. The van der Waals surface area contributed by atoms with Gasteiger partial charge in [-0.2, -0.15) is 0 Å². The molecule has 1 aromatic carbocycles. The Labute approximate surface area is 179 Å². The lowest BCUT2D eigenvalue weighted by atomic mass is 10.0. The summed E-state index contributed by atoms with van der Waals surface area (Å²) < 4.78 is 0. The summed E-state index contributed by atoms with van der Waals surface area (Å²) in [6.45, 7) is 6.60. The van der Waals surface area contributed by atoms with E-state index in [4.69, 9.17) is 0 Å². The van der Waals surface area contributed by atoms with Gasteiger partial charge >= 0.3 is 0 Å². The van der Waals surface area contributed by atoms with Crippen molar-refractivity contribution in [3.05, 3.63) is 35.4 Å². The number of benzene rings is 1. The molecule has 2 aliphatic heterocycles. The van der Waals surface area contributed by atoms with Gasteiger partial charge in [0, 0.05) is 39.3 Å². The fourth-order valence-corrected chi connectivity index (χ4v) is 4.40. The van der Waals surface area contributed by atoms with E-state index in [0.29, 0.717) is 17.7 Å². The number of piperidine rings is 1. The molecule has 0 spiro atoms. The quantitative estimate of drug-likeness (QED) is 0.282. The molecule has 1 aromatic rings. The summed E-state index contributed by atoms with van der Waals surface area (Å²) in [6.07, 6.45) is 6.82. The van der Waals surface area contributed by atoms with Crippen molar-refractivity contribution < 1.29 is 9.59 Å². The summed E-state index contributed by atoms with van der Waals surface area (Å²) in [6, 6.07) is 7.75. The Balaban J connectivity index is 1.32. The van der Waals surface area contributed by atoms with Gasteiger partial charge in [-0.05, 0) is 50.8 Å². The average molecular weight is 414 g/mol. The molecule has 164 valence electrons. The number of amides is 2. The summed E-state index contributed by atoms with van der Waals surface area (Å²) in [7, 11) is 1.78. The minimum Gasteiger partial charge on any atom is -0.356 e. The maximum atomic E-state index is 12.4. The zero-order valence-corrected chi connectivity index (χ0v) is 18.3. The van der Waals surface area contributed by atoms with Gasteiger partial charge in [-0.1, -0.05) is 25.5 Å².